The molecular weight excluding hydrogens is 443 g/mol. The van der Waals surface area contributed by atoms with Crippen molar-refractivity contribution < 1.29 is 22.7 Å². The molecule has 8 heteroatoms. The quantitative estimate of drug-likeness (QED) is 0.461. The van der Waals surface area contributed by atoms with Gasteiger partial charge in [0.1, 0.15) is 17.3 Å². The van der Waals surface area contributed by atoms with Crippen molar-refractivity contribution in [3.63, 3.8) is 0 Å². The standard InChI is InChI=1S/C26H22F3N3O2/c1-17-16-31(13-14-32(17)25(33)18-7-3-2-4-8-18)24-20-9-5-6-10-22(20)34-23-12-11-19(26(27,28)29)15-21(23)30-24/h2-12,15,17H,13-14,16H2,1H3. The van der Waals surface area contributed by atoms with E-state index in [1.54, 1.807) is 18.2 Å². The molecule has 5 rings (SSSR count). The summed E-state index contributed by atoms with van der Waals surface area (Å²) in [5.74, 6) is 1.28. The molecule has 1 amide bonds. The molecule has 0 spiro atoms. The molecule has 2 heterocycles. The minimum absolute atomic E-state index is 0.0422. The number of nitrogens with zero attached hydrogens (tertiary/aromatic N) is 3. The SMILES string of the molecule is CC1CN(C2=Nc3cc(C(F)(F)F)ccc3Oc3ccccc32)CCN1C(=O)c1ccccc1. The topological polar surface area (TPSA) is 45.1 Å². The van der Waals surface area contributed by atoms with Gasteiger partial charge in [-0.2, -0.15) is 13.2 Å². The van der Waals surface area contributed by atoms with E-state index in [2.05, 4.69) is 4.99 Å². The second-order valence-corrected chi connectivity index (χ2v) is 8.37. The van der Waals surface area contributed by atoms with Crippen LogP contribution in [0, 0.1) is 0 Å². The molecule has 5 nitrogen and oxygen atoms in total. The van der Waals surface area contributed by atoms with Gasteiger partial charge in [-0.25, -0.2) is 4.99 Å². The van der Waals surface area contributed by atoms with Gasteiger partial charge in [0.2, 0.25) is 0 Å². The Labute approximate surface area is 195 Å². The van der Waals surface area contributed by atoms with E-state index in [1.165, 1.54) is 6.07 Å². The Kier molecular flexibility index (Phi) is 5.51. The lowest BCUT2D eigenvalue weighted by Crippen LogP contribution is -2.55. The summed E-state index contributed by atoms with van der Waals surface area (Å²) in [6.45, 7) is 3.40. The minimum Gasteiger partial charge on any atom is -0.454 e. The van der Waals surface area contributed by atoms with Gasteiger partial charge in [-0.1, -0.05) is 30.3 Å². The third kappa shape index (κ3) is 4.11. The van der Waals surface area contributed by atoms with Crippen LogP contribution >= 0.6 is 0 Å². The molecule has 0 aliphatic carbocycles. The number of ether oxygens (including phenoxy) is 1. The number of para-hydroxylation sites is 1. The lowest BCUT2D eigenvalue weighted by molar-refractivity contribution is -0.137. The first-order valence-corrected chi connectivity index (χ1v) is 11.0. The molecule has 1 unspecified atom stereocenters. The van der Waals surface area contributed by atoms with Crippen LogP contribution in [0.1, 0.15) is 28.4 Å². The van der Waals surface area contributed by atoms with Crippen molar-refractivity contribution in [2.45, 2.75) is 19.1 Å². The summed E-state index contributed by atoms with van der Waals surface area (Å²) in [5, 5.41) is 0. The molecule has 1 fully saturated rings. The molecule has 3 aromatic rings. The fraction of sp³-hybridized carbons (Fsp3) is 0.231. The molecule has 0 radical (unpaired) electrons. The van der Waals surface area contributed by atoms with Crippen LogP contribution in [0.3, 0.4) is 0 Å². The maximum absolute atomic E-state index is 13.3. The van der Waals surface area contributed by atoms with Gasteiger partial charge in [0.05, 0.1) is 11.1 Å². The third-order valence-corrected chi connectivity index (χ3v) is 6.07. The van der Waals surface area contributed by atoms with Gasteiger partial charge < -0.3 is 14.5 Å². The zero-order chi connectivity index (χ0) is 23.9. The van der Waals surface area contributed by atoms with E-state index in [1.807, 2.05) is 53.1 Å². The zero-order valence-corrected chi connectivity index (χ0v) is 18.4. The fourth-order valence-corrected chi connectivity index (χ4v) is 4.34. The summed E-state index contributed by atoms with van der Waals surface area (Å²) in [4.78, 5) is 21.5. The van der Waals surface area contributed by atoms with E-state index in [4.69, 9.17) is 4.74 Å². The Balaban J connectivity index is 1.49. The third-order valence-electron chi connectivity index (χ3n) is 6.07. The van der Waals surface area contributed by atoms with Gasteiger partial charge in [0, 0.05) is 31.2 Å². The van der Waals surface area contributed by atoms with E-state index in [0.717, 1.165) is 12.1 Å². The average Bonchev–Trinajstić information content (AvgIpc) is 3.00. The normalized spacial score (nSPS) is 17.8. The maximum Gasteiger partial charge on any atom is 0.416 e. The summed E-state index contributed by atoms with van der Waals surface area (Å²) < 4.78 is 46.0. The molecule has 2 aliphatic heterocycles. The van der Waals surface area contributed by atoms with E-state index in [0.29, 0.717) is 42.3 Å². The highest BCUT2D eigenvalue weighted by Crippen LogP contribution is 2.41. The van der Waals surface area contributed by atoms with Crippen molar-refractivity contribution in [1.82, 2.24) is 9.80 Å². The zero-order valence-electron chi connectivity index (χ0n) is 18.4. The second kappa shape index (κ2) is 8.52. The van der Waals surface area contributed by atoms with Gasteiger partial charge in [0.15, 0.2) is 5.75 Å². The predicted octanol–water partition coefficient (Wildman–Crippen LogP) is 5.74. The first-order valence-electron chi connectivity index (χ1n) is 11.0. The number of fused-ring (bicyclic) bond motifs is 2. The molecule has 3 aromatic carbocycles. The van der Waals surface area contributed by atoms with Crippen LogP contribution in [0.2, 0.25) is 0 Å². The largest absolute Gasteiger partial charge is 0.454 e. The number of amides is 1. The Morgan fingerprint density at radius 1 is 0.971 bits per heavy atom. The number of carbonyl (C=O) groups is 1. The first-order chi connectivity index (χ1) is 16.3. The molecule has 2 aliphatic rings. The van der Waals surface area contributed by atoms with Crippen molar-refractivity contribution >= 4 is 17.4 Å². The second-order valence-electron chi connectivity index (χ2n) is 8.37. The van der Waals surface area contributed by atoms with E-state index < -0.39 is 11.7 Å². The van der Waals surface area contributed by atoms with E-state index in [-0.39, 0.29) is 23.4 Å². The number of benzene rings is 3. The molecule has 1 atom stereocenters. The van der Waals surface area contributed by atoms with Gasteiger partial charge in [-0.3, -0.25) is 4.79 Å². The molecule has 0 N–H and O–H groups in total. The van der Waals surface area contributed by atoms with Crippen LogP contribution < -0.4 is 4.74 Å². The molecule has 0 saturated carbocycles. The number of piperazine rings is 1. The van der Waals surface area contributed by atoms with Crippen LogP contribution in [0.25, 0.3) is 0 Å². The number of amidine groups is 1. The molecule has 34 heavy (non-hydrogen) atoms. The number of hydrogen-bond donors (Lipinski definition) is 0. The first kappa shape index (κ1) is 22.0. The molecule has 0 aromatic heterocycles. The number of carbonyl (C=O) groups excluding carboxylic acids is 1. The Morgan fingerprint density at radius 3 is 2.44 bits per heavy atom. The van der Waals surface area contributed by atoms with Crippen molar-refractivity contribution in [2.75, 3.05) is 19.6 Å². The number of rotatable bonds is 1. The lowest BCUT2D eigenvalue weighted by atomic mass is 10.1. The van der Waals surface area contributed by atoms with Crippen molar-refractivity contribution in [3.05, 3.63) is 89.5 Å². The predicted molar refractivity (Wildman–Crippen MR) is 123 cm³/mol. The van der Waals surface area contributed by atoms with Gasteiger partial charge in [0.25, 0.3) is 5.91 Å². The summed E-state index contributed by atoms with van der Waals surface area (Å²) in [7, 11) is 0. The van der Waals surface area contributed by atoms with Gasteiger partial charge in [-0.05, 0) is 49.4 Å². The summed E-state index contributed by atoms with van der Waals surface area (Å²) in [6, 6.07) is 19.6. The molecular formula is C26H22F3N3O2. The number of aliphatic imine (C=N–C) groups is 1. The fourth-order valence-electron chi connectivity index (χ4n) is 4.34. The number of hydrogen-bond acceptors (Lipinski definition) is 4. The van der Waals surface area contributed by atoms with Crippen LogP contribution in [-0.2, 0) is 6.18 Å². The summed E-state index contributed by atoms with van der Waals surface area (Å²) in [6.07, 6.45) is -4.48. The number of halogens is 3. The van der Waals surface area contributed by atoms with Crippen molar-refractivity contribution in [2.24, 2.45) is 4.99 Å². The summed E-state index contributed by atoms with van der Waals surface area (Å²) in [5.41, 5.74) is 0.663. The van der Waals surface area contributed by atoms with Crippen LogP contribution in [0.5, 0.6) is 11.5 Å². The molecule has 174 valence electrons. The smallest absolute Gasteiger partial charge is 0.416 e. The molecule has 0 bridgehead atoms. The number of alkyl halides is 3. The highest BCUT2D eigenvalue weighted by molar-refractivity contribution is 6.04. The van der Waals surface area contributed by atoms with E-state index >= 15 is 0 Å². The molecule has 1 saturated heterocycles. The van der Waals surface area contributed by atoms with Crippen LogP contribution in [0.15, 0.2) is 77.8 Å². The lowest BCUT2D eigenvalue weighted by Gasteiger charge is -2.41. The Morgan fingerprint density at radius 2 is 1.71 bits per heavy atom. The maximum atomic E-state index is 13.3. The Hall–Kier alpha value is -3.81. The Bertz CT molecular complexity index is 1260. The van der Waals surface area contributed by atoms with Crippen LogP contribution in [-0.4, -0.2) is 47.2 Å². The minimum atomic E-state index is -4.48. The van der Waals surface area contributed by atoms with Crippen molar-refractivity contribution in [1.29, 1.82) is 0 Å². The van der Waals surface area contributed by atoms with Gasteiger partial charge >= 0.3 is 6.18 Å². The average molecular weight is 465 g/mol. The van der Waals surface area contributed by atoms with E-state index in [9.17, 15) is 18.0 Å². The van der Waals surface area contributed by atoms with Gasteiger partial charge in [-0.15, -0.1) is 0 Å². The monoisotopic (exact) mass is 465 g/mol. The summed E-state index contributed by atoms with van der Waals surface area (Å²) >= 11 is 0. The van der Waals surface area contributed by atoms with Crippen molar-refractivity contribution in [3.8, 4) is 11.5 Å². The highest BCUT2D eigenvalue weighted by atomic mass is 19.4. The van der Waals surface area contributed by atoms with Crippen LogP contribution in [0.4, 0.5) is 18.9 Å². The highest BCUT2D eigenvalue weighted by Gasteiger charge is 2.34.